The standard InChI is InChI=1S/C20H17BrO2/c1-22-18-11-12-19(20(21)13-18)16-7-9-17(10-8-16)23-14-15-5-3-2-4-6-15/h2-13H,14H2,1H3. The molecule has 23 heavy (non-hydrogen) atoms. The molecule has 0 spiro atoms. The predicted octanol–water partition coefficient (Wildman–Crippen LogP) is 5.70. The topological polar surface area (TPSA) is 18.5 Å². The van der Waals surface area contributed by atoms with Gasteiger partial charge in [-0.05, 0) is 47.0 Å². The van der Waals surface area contributed by atoms with Crippen molar-refractivity contribution in [3.05, 3.63) is 82.8 Å². The zero-order valence-corrected chi connectivity index (χ0v) is 14.4. The van der Waals surface area contributed by atoms with Gasteiger partial charge >= 0.3 is 0 Å². The van der Waals surface area contributed by atoms with Gasteiger partial charge in [-0.2, -0.15) is 0 Å². The van der Waals surface area contributed by atoms with Crippen LogP contribution in [-0.2, 0) is 6.61 Å². The second kappa shape index (κ2) is 7.34. The molecular weight excluding hydrogens is 352 g/mol. The summed E-state index contributed by atoms with van der Waals surface area (Å²) in [5.74, 6) is 1.70. The lowest BCUT2D eigenvalue weighted by Gasteiger charge is -2.09. The van der Waals surface area contributed by atoms with E-state index in [1.807, 2.05) is 48.5 Å². The third kappa shape index (κ3) is 3.93. The van der Waals surface area contributed by atoms with Crippen LogP contribution >= 0.6 is 15.9 Å². The Morgan fingerprint density at radius 1 is 0.826 bits per heavy atom. The summed E-state index contributed by atoms with van der Waals surface area (Å²) < 4.78 is 12.1. The summed E-state index contributed by atoms with van der Waals surface area (Å²) in [7, 11) is 1.67. The van der Waals surface area contributed by atoms with E-state index in [1.54, 1.807) is 7.11 Å². The maximum Gasteiger partial charge on any atom is 0.120 e. The third-order valence-electron chi connectivity index (χ3n) is 3.59. The normalized spacial score (nSPS) is 10.3. The van der Waals surface area contributed by atoms with Crippen LogP contribution in [0.2, 0.25) is 0 Å². The van der Waals surface area contributed by atoms with Crippen LogP contribution in [-0.4, -0.2) is 7.11 Å². The number of hydrogen-bond acceptors (Lipinski definition) is 2. The van der Waals surface area contributed by atoms with Crippen molar-refractivity contribution in [2.75, 3.05) is 7.11 Å². The smallest absolute Gasteiger partial charge is 0.120 e. The lowest BCUT2D eigenvalue weighted by atomic mass is 10.1. The summed E-state index contributed by atoms with van der Waals surface area (Å²) in [6.07, 6.45) is 0. The summed E-state index contributed by atoms with van der Waals surface area (Å²) >= 11 is 3.59. The molecule has 0 heterocycles. The van der Waals surface area contributed by atoms with E-state index in [0.717, 1.165) is 32.7 Å². The molecule has 0 saturated heterocycles. The lowest BCUT2D eigenvalue weighted by molar-refractivity contribution is 0.306. The molecule has 0 aliphatic carbocycles. The first kappa shape index (κ1) is 15.6. The van der Waals surface area contributed by atoms with E-state index in [2.05, 4.69) is 40.2 Å². The van der Waals surface area contributed by atoms with Crippen LogP contribution in [0.5, 0.6) is 11.5 Å². The van der Waals surface area contributed by atoms with Crippen molar-refractivity contribution in [3.63, 3.8) is 0 Å². The highest BCUT2D eigenvalue weighted by Gasteiger charge is 2.05. The van der Waals surface area contributed by atoms with Gasteiger partial charge in [0, 0.05) is 4.47 Å². The Kier molecular flexibility index (Phi) is 4.99. The highest BCUT2D eigenvalue weighted by Crippen LogP contribution is 2.32. The summed E-state index contributed by atoms with van der Waals surface area (Å²) in [5.41, 5.74) is 3.42. The molecule has 116 valence electrons. The molecule has 3 aromatic carbocycles. The molecule has 0 bridgehead atoms. The number of ether oxygens (including phenoxy) is 2. The van der Waals surface area contributed by atoms with Gasteiger partial charge in [-0.1, -0.05) is 58.4 Å². The third-order valence-corrected chi connectivity index (χ3v) is 4.25. The fourth-order valence-corrected chi connectivity index (χ4v) is 2.92. The number of methoxy groups -OCH3 is 1. The Morgan fingerprint density at radius 3 is 2.17 bits per heavy atom. The predicted molar refractivity (Wildman–Crippen MR) is 96.9 cm³/mol. The van der Waals surface area contributed by atoms with E-state index >= 15 is 0 Å². The molecule has 0 aliphatic heterocycles. The lowest BCUT2D eigenvalue weighted by Crippen LogP contribution is -1.94. The molecule has 0 N–H and O–H groups in total. The quantitative estimate of drug-likeness (QED) is 0.574. The number of benzene rings is 3. The highest BCUT2D eigenvalue weighted by atomic mass is 79.9. The molecule has 0 aliphatic rings. The minimum atomic E-state index is 0.576. The average Bonchev–Trinajstić information content (AvgIpc) is 2.61. The van der Waals surface area contributed by atoms with Gasteiger partial charge in [0.1, 0.15) is 18.1 Å². The summed E-state index contributed by atoms with van der Waals surface area (Å²) in [5, 5.41) is 0. The molecule has 0 saturated carbocycles. The Balaban J connectivity index is 1.72. The molecule has 0 aromatic heterocycles. The Labute approximate surface area is 144 Å². The molecule has 0 atom stereocenters. The molecule has 3 heteroatoms. The summed E-state index contributed by atoms with van der Waals surface area (Å²) in [4.78, 5) is 0. The van der Waals surface area contributed by atoms with Crippen LogP contribution in [0.15, 0.2) is 77.3 Å². The van der Waals surface area contributed by atoms with Crippen molar-refractivity contribution >= 4 is 15.9 Å². The van der Waals surface area contributed by atoms with Crippen molar-refractivity contribution in [2.24, 2.45) is 0 Å². The van der Waals surface area contributed by atoms with E-state index in [1.165, 1.54) is 0 Å². The van der Waals surface area contributed by atoms with Crippen LogP contribution in [0.4, 0.5) is 0 Å². The van der Waals surface area contributed by atoms with Crippen LogP contribution in [0.3, 0.4) is 0 Å². The molecule has 0 amide bonds. The first-order valence-corrected chi connectivity index (χ1v) is 8.16. The Bertz CT molecular complexity index is 767. The van der Waals surface area contributed by atoms with Crippen molar-refractivity contribution in [2.45, 2.75) is 6.61 Å². The van der Waals surface area contributed by atoms with Crippen molar-refractivity contribution in [3.8, 4) is 22.6 Å². The molecular formula is C20H17BrO2. The van der Waals surface area contributed by atoms with Gasteiger partial charge < -0.3 is 9.47 Å². The van der Waals surface area contributed by atoms with Gasteiger partial charge in [0.05, 0.1) is 7.11 Å². The Morgan fingerprint density at radius 2 is 1.52 bits per heavy atom. The first-order valence-electron chi connectivity index (χ1n) is 7.37. The van der Waals surface area contributed by atoms with Gasteiger partial charge in [-0.25, -0.2) is 0 Å². The van der Waals surface area contributed by atoms with Crippen LogP contribution in [0, 0.1) is 0 Å². The fraction of sp³-hybridized carbons (Fsp3) is 0.100. The van der Waals surface area contributed by atoms with Crippen LogP contribution < -0.4 is 9.47 Å². The average molecular weight is 369 g/mol. The van der Waals surface area contributed by atoms with Crippen molar-refractivity contribution in [1.29, 1.82) is 0 Å². The molecule has 3 rings (SSSR count). The molecule has 0 unspecified atom stereocenters. The van der Waals surface area contributed by atoms with Gasteiger partial charge in [-0.15, -0.1) is 0 Å². The number of rotatable bonds is 5. The van der Waals surface area contributed by atoms with Crippen molar-refractivity contribution in [1.82, 2.24) is 0 Å². The van der Waals surface area contributed by atoms with E-state index in [9.17, 15) is 0 Å². The second-order valence-corrected chi connectivity index (χ2v) is 6.00. The van der Waals surface area contributed by atoms with Gasteiger partial charge in [0.2, 0.25) is 0 Å². The maximum atomic E-state index is 5.82. The largest absolute Gasteiger partial charge is 0.497 e. The minimum Gasteiger partial charge on any atom is -0.497 e. The van der Waals surface area contributed by atoms with E-state index in [-0.39, 0.29) is 0 Å². The van der Waals surface area contributed by atoms with E-state index in [0.29, 0.717) is 6.61 Å². The first-order chi connectivity index (χ1) is 11.3. The second-order valence-electron chi connectivity index (χ2n) is 5.14. The van der Waals surface area contributed by atoms with Gasteiger partial charge in [-0.3, -0.25) is 0 Å². The zero-order chi connectivity index (χ0) is 16.1. The van der Waals surface area contributed by atoms with Crippen LogP contribution in [0.25, 0.3) is 11.1 Å². The Hall–Kier alpha value is -2.26. The molecule has 2 nitrogen and oxygen atoms in total. The van der Waals surface area contributed by atoms with Gasteiger partial charge in [0.25, 0.3) is 0 Å². The molecule has 0 radical (unpaired) electrons. The molecule has 0 fully saturated rings. The maximum absolute atomic E-state index is 5.82. The summed E-state index contributed by atoms with van der Waals surface area (Å²) in [6.45, 7) is 0.576. The molecule has 3 aromatic rings. The SMILES string of the molecule is COc1ccc(-c2ccc(OCc3ccccc3)cc2)c(Br)c1. The minimum absolute atomic E-state index is 0.576. The van der Waals surface area contributed by atoms with Gasteiger partial charge in [0.15, 0.2) is 0 Å². The summed E-state index contributed by atoms with van der Waals surface area (Å²) in [6, 6.07) is 24.2. The fourth-order valence-electron chi connectivity index (χ4n) is 2.33. The highest BCUT2D eigenvalue weighted by molar-refractivity contribution is 9.10. The van der Waals surface area contributed by atoms with E-state index in [4.69, 9.17) is 9.47 Å². The van der Waals surface area contributed by atoms with Crippen LogP contribution in [0.1, 0.15) is 5.56 Å². The zero-order valence-electron chi connectivity index (χ0n) is 12.8. The number of hydrogen-bond donors (Lipinski definition) is 0. The van der Waals surface area contributed by atoms with Crippen molar-refractivity contribution < 1.29 is 9.47 Å². The van der Waals surface area contributed by atoms with E-state index < -0.39 is 0 Å². The monoisotopic (exact) mass is 368 g/mol. The number of halogens is 1.